The number of halogens is 1. The monoisotopic (exact) mass is 392 g/mol. The normalized spacial score (nSPS) is 22.8. The molecule has 1 aliphatic carbocycles. The Balaban J connectivity index is 1.37. The predicted octanol–water partition coefficient (Wildman–Crippen LogP) is 1.59. The molecule has 1 heterocycles. The molecule has 1 aliphatic heterocycles. The second kappa shape index (κ2) is 9.34. The van der Waals surface area contributed by atoms with Crippen molar-refractivity contribution >= 4 is 12.0 Å². The minimum atomic E-state index is -0.814. The fraction of sp³-hybridized carbons (Fsp3) is 0.600. The number of carboxylic acid groups (broad SMARTS) is 1. The van der Waals surface area contributed by atoms with Crippen molar-refractivity contribution < 1.29 is 19.1 Å². The largest absolute Gasteiger partial charge is 0.480 e. The van der Waals surface area contributed by atoms with Gasteiger partial charge in [-0.1, -0.05) is 19.1 Å². The van der Waals surface area contributed by atoms with Crippen molar-refractivity contribution in [2.75, 3.05) is 39.3 Å². The number of piperazine rings is 1. The van der Waals surface area contributed by atoms with E-state index in [4.69, 9.17) is 5.11 Å². The fourth-order valence-corrected chi connectivity index (χ4v) is 3.95. The molecule has 0 unspecified atom stereocenters. The van der Waals surface area contributed by atoms with Gasteiger partial charge in [-0.05, 0) is 37.1 Å². The summed E-state index contributed by atoms with van der Waals surface area (Å²) in [5.41, 5.74) is 0.945. The maximum atomic E-state index is 13.3. The van der Waals surface area contributed by atoms with Gasteiger partial charge in [0.2, 0.25) is 0 Å². The molecule has 0 bridgehead atoms. The zero-order valence-electron chi connectivity index (χ0n) is 16.3. The van der Waals surface area contributed by atoms with E-state index in [-0.39, 0.29) is 30.5 Å². The Morgan fingerprint density at radius 3 is 2.57 bits per heavy atom. The summed E-state index contributed by atoms with van der Waals surface area (Å²) >= 11 is 0. The van der Waals surface area contributed by atoms with Gasteiger partial charge in [-0.15, -0.1) is 0 Å². The molecule has 2 fully saturated rings. The number of hydrogen-bond acceptors (Lipinski definition) is 4. The highest BCUT2D eigenvalue weighted by Gasteiger charge is 2.35. The van der Waals surface area contributed by atoms with Crippen LogP contribution in [0.2, 0.25) is 0 Å². The minimum Gasteiger partial charge on any atom is -0.480 e. The Kier molecular flexibility index (Phi) is 6.85. The number of carboxylic acids is 1. The van der Waals surface area contributed by atoms with Gasteiger partial charge in [-0.2, -0.15) is 0 Å². The van der Waals surface area contributed by atoms with Gasteiger partial charge in [0.25, 0.3) is 0 Å². The third kappa shape index (κ3) is 5.42. The number of nitrogens with zero attached hydrogens (tertiary/aromatic N) is 3. The Morgan fingerprint density at radius 1 is 1.25 bits per heavy atom. The summed E-state index contributed by atoms with van der Waals surface area (Å²) < 4.78 is 13.3. The van der Waals surface area contributed by atoms with Gasteiger partial charge < -0.3 is 15.3 Å². The van der Waals surface area contributed by atoms with Crippen LogP contribution in [0.5, 0.6) is 0 Å². The topological polar surface area (TPSA) is 76.1 Å². The summed E-state index contributed by atoms with van der Waals surface area (Å²) in [6.45, 7) is 6.22. The molecule has 154 valence electrons. The molecular formula is C20H29FN4O3. The number of rotatable bonds is 7. The summed E-state index contributed by atoms with van der Waals surface area (Å²) in [5, 5.41) is 12.0. The molecule has 0 radical (unpaired) electrons. The lowest BCUT2D eigenvalue weighted by atomic mass is 9.85. The lowest BCUT2D eigenvalue weighted by Crippen LogP contribution is -2.58. The van der Waals surface area contributed by atoms with E-state index < -0.39 is 5.97 Å². The number of hydrogen-bond donors (Lipinski definition) is 2. The van der Waals surface area contributed by atoms with E-state index in [1.165, 1.54) is 6.07 Å². The zero-order chi connectivity index (χ0) is 20.1. The first-order valence-corrected chi connectivity index (χ1v) is 9.92. The quantitative estimate of drug-likeness (QED) is 0.737. The third-order valence-corrected chi connectivity index (χ3v) is 5.66. The van der Waals surface area contributed by atoms with Gasteiger partial charge in [-0.25, -0.2) is 9.18 Å². The highest BCUT2D eigenvalue weighted by atomic mass is 19.1. The standard InChI is InChI=1S/C20H29FN4O3/c1-2-24(14-19(26)27)18-11-17(12-18)22-20(28)25-8-6-23(7-9-25)13-15-4-3-5-16(21)10-15/h3-5,10,17-18H,2,6-9,11-14H2,1H3,(H,22,28)(H,26,27). The smallest absolute Gasteiger partial charge is 0.317 e. The van der Waals surface area contributed by atoms with Crippen molar-refractivity contribution in [2.24, 2.45) is 0 Å². The lowest BCUT2D eigenvalue weighted by molar-refractivity contribution is -0.139. The summed E-state index contributed by atoms with van der Waals surface area (Å²) in [4.78, 5) is 29.4. The zero-order valence-corrected chi connectivity index (χ0v) is 16.3. The van der Waals surface area contributed by atoms with Gasteiger partial charge >= 0.3 is 12.0 Å². The van der Waals surface area contributed by atoms with Crippen molar-refractivity contribution in [3.8, 4) is 0 Å². The molecule has 2 amide bonds. The first-order valence-electron chi connectivity index (χ1n) is 9.92. The van der Waals surface area contributed by atoms with Gasteiger partial charge in [0.1, 0.15) is 5.82 Å². The van der Waals surface area contributed by atoms with Crippen LogP contribution in [0.4, 0.5) is 9.18 Å². The van der Waals surface area contributed by atoms with Crippen LogP contribution in [0.1, 0.15) is 25.3 Å². The van der Waals surface area contributed by atoms with E-state index >= 15 is 0 Å². The first-order chi connectivity index (χ1) is 13.4. The van der Waals surface area contributed by atoms with E-state index in [2.05, 4.69) is 10.2 Å². The number of carbonyl (C=O) groups excluding carboxylic acids is 1. The maximum absolute atomic E-state index is 13.3. The van der Waals surface area contributed by atoms with Crippen molar-refractivity contribution in [2.45, 2.75) is 38.4 Å². The van der Waals surface area contributed by atoms with Crippen LogP contribution in [-0.4, -0.2) is 83.2 Å². The van der Waals surface area contributed by atoms with Crippen LogP contribution in [0, 0.1) is 5.82 Å². The third-order valence-electron chi connectivity index (χ3n) is 5.66. The lowest BCUT2D eigenvalue weighted by Gasteiger charge is -2.43. The van der Waals surface area contributed by atoms with Crippen molar-refractivity contribution in [1.82, 2.24) is 20.0 Å². The Bertz CT molecular complexity index is 688. The highest BCUT2D eigenvalue weighted by molar-refractivity contribution is 5.74. The molecule has 0 aromatic heterocycles. The highest BCUT2D eigenvalue weighted by Crippen LogP contribution is 2.25. The Labute approximate surface area is 165 Å². The molecule has 1 saturated carbocycles. The molecule has 1 aromatic rings. The van der Waals surface area contributed by atoms with Crippen LogP contribution in [0.3, 0.4) is 0 Å². The van der Waals surface area contributed by atoms with Crippen LogP contribution in [0.15, 0.2) is 24.3 Å². The summed E-state index contributed by atoms with van der Waals surface area (Å²) in [6, 6.07) is 6.93. The molecule has 3 rings (SSSR count). The van der Waals surface area contributed by atoms with E-state index in [9.17, 15) is 14.0 Å². The van der Waals surface area contributed by atoms with Crippen molar-refractivity contribution in [1.29, 1.82) is 0 Å². The number of carbonyl (C=O) groups is 2. The number of urea groups is 1. The van der Waals surface area contributed by atoms with Crippen LogP contribution in [-0.2, 0) is 11.3 Å². The van der Waals surface area contributed by atoms with Crippen molar-refractivity contribution in [3.05, 3.63) is 35.6 Å². The molecule has 0 spiro atoms. The fourth-order valence-electron chi connectivity index (χ4n) is 3.95. The van der Waals surface area contributed by atoms with E-state index in [1.54, 1.807) is 12.1 Å². The number of aliphatic carboxylic acids is 1. The average Bonchev–Trinajstić information content (AvgIpc) is 2.63. The second-order valence-electron chi connectivity index (χ2n) is 7.62. The Hall–Kier alpha value is -2.19. The number of likely N-dealkylation sites (N-methyl/N-ethyl adjacent to an activating group) is 1. The minimum absolute atomic E-state index is 0.0462. The number of benzene rings is 1. The second-order valence-corrected chi connectivity index (χ2v) is 7.62. The molecule has 2 N–H and O–H groups in total. The predicted molar refractivity (Wildman–Crippen MR) is 103 cm³/mol. The SMILES string of the molecule is CCN(CC(=O)O)C1CC(NC(=O)N2CCN(Cc3cccc(F)c3)CC2)C1. The molecule has 7 nitrogen and oxygen atoms in total. The molecule has 8 heteroatoms. The van der Waals surface area contributed by atoms with E-state index in [1.807, 2.05) is 22.8 Å². The van der Waals surface area contributed by atoms with Gasteiger partial charge in [-0.3, -0.25) is 14.6 Å². The van der Waals surface area contributed by atoms with E-state index in [0.717, 1.165) is 31.5 Å². The number of amides is 2. The molecule has 0 atom stereocenters. The van der Waals surface area contributed by atoms with Gasteiger partial charge in [0.15, 0.2) is 0 Å². The molecule has 1 aromatic carbocycles. The van der Waals surface area contributed by atoms with Crippen LogP contribution < -0.4 is 5.32 Å². The molecule has 28 heavy (non-hydrogen) atoms. The Morgan fingerprint density at radius 2 is 1.96 bits per heavy atom. The summed E-state index contributed by atoms with van der Waals surface area (Å²) in [6.07, 6.45) is 1.60. The van der Waals surface area contributed by atoms with E-state index in [0.29, 0.717) is 26.2 Å². The van der Waals surface area contributed by atoms with Crippen LogP contribution >= 0.6 is 0 Å². The average molecular weight is 392 g/mol. The van der Waals surface area contributed by atoms with Crippen molar-refractivity contribution in [3.63, 3.8) is 0 Å². The molecule has 1 saturated heterocycles. The number of nitrogens with one attached hydrogen (secondary N) is 1. The van der Waals surface area contributed by atoms with Crippen LogP contribution in [0.25, 0.3) is 0 Å². The van der Waals surface area contributed by atoms with Gasteiger partial charge in [0, 0.05) is 44.8 Å². The molecule has 2 aliphatic rings. The summed E-state index contributed by atoms with van der Waals surface area (Å²) in [5.74, 6) is -1.04. The first kappa shape index (κ1) is 20.5. The van der Waals surface area contributed by atoms with Gasteiger partial charge in [0.05, 0.1) is 6.54 Å². The maximum Gasteiger partial charge on any atom is 0.317 e. The summed E-state index contributed by atoms with van der Waals surface area (Å²) in [7, 11) is 0. The molecular weight excluding hydrogens is 363 g/mol.